The molecule has 2 aromatic carbocycles. The molecule has 6 heterocycles. The number of nitrogen functional groups attached to an aromatic ring is 1. The standard InChI is InChI=1S/C24H31ClN8O.C13H21N3O.C11H11Cl2N5/c1-16-13-19(21(34-5)14-20(16)33-11-9-32(4)10-12-33)29-24-27-15-17(25)22(30-24)28-18-7-6-8-26-23(18)31(2)3;1-10-8-11(14)13(17-3)9-12(10)16-6-4-15(2)5-7-16;1-18(2)10-8(4-3-5-14-10)16-9-7(12)6-15-11(13)17-9/h6-8,13-15H,9-12H2,1-5H3,(H2,27,28,29,30);8-9H,4-7,14H2,1-3H3;3-6H,1-2H3,(H,15,16,17). The Morgan fingerprint density at radius 3 is 1.54 bits per heavy atom. The summed E-state index contributed by atoms with van der Waals surface area (Å²) in [7, 11) is 15.3. The minimum atomic E-state index is 0.136. The smallest absolute Gasteiger partial charge is 0.229 e. The van der Waals surface area contributed by atoms with Gasteiger partial charge in [0, 0.05) is 116 Å². The van der Waals surface area contributed by atoms with Gasteiger partial charge in [-0.2, -0.15) is 9.97 Å². The summed E-state index contributed by atoms with van der Waals surface area (Å²) in [6.45, 7) is 12.6. The first kappa shape index (κ1) is 52.1. The predicted molar refractivity (Wildman–Crippen MR) is 285 cm³/mol. The molecule has 0 spiro atoms. The molecule has 2 aliphatic rings. The molecule has 0 amide bonds. The van der Waals surface area contributed by atoms with Crippen LogP contribution in [0.25, 0.3) is 0 Å². The van der Waals surface area contributed by atoms with Gasteiger partial charge in [0.15, 0.2) is 23.3 Å². The van der Waals surface area contributed by atoms with E-state index in [2.05, 4.69) is 112 Å². The van der Waals surface area contributed by atoms with E-state index in [1.165, 1.54) is 23.1 Å². The van der Waals surface area contributed by atoms with Gasteiger partial charge in [-0.3, -0.25) is 0 Å². The fourth-order valence-electron chi connectivity index (χ4n) is 7.62. The van der Waals surface area contributed by atoms with Crippen molar-refractivity contribution < 1.29 is 9.47 Å². The van der Waals surface area contributed by atoms with Gasteiger partial charge >= 0.3 is 0 Å². The molecular weight excluding hydrogens is 939 g/mol. The number of nitrogens with two attached hydrogens (primary N) is 1. The van der Waals surface area contributed by atoms with Crippen molar-refractivity contribution in [2.45, 2.75) is 13.8 Å². The lowest BCUT2D eigenvalue weighted by atomic mass is 10.1. The van der Waals surface area contributed by atoms with Gasteiger partial charge in [-0.1, -0.05) is 23.2 Å². The first-order valence-corrected chi connectivity index (χ1v) is 23.4. The number of hydrogen-bond donors (Lipinski definition) is 4. The van der Waals surface area contributed by atoms with Gasteiger partial charge in [0.2, 0.25) is 11.2 Å². The second kappa shape index (κ2) is 24.3. The minimum Gasteiger partial charge on any atom is -0.495 e. The van der Waals surface area contributed by atoms with E-state index in [1.54, 1.807) is 32.8 Å². The van der Waals surface area contributed by atoms with Gasteiger partial charge in [0.25, 0.3) is 0 Å². The summed E-state index contributed by atoms with van der Waals surface area (Å²) in [4.78, 5) is 38.8. The molecule has 0 aliphatic carbocycles. The molecule has 6 aromatic rings. The molecule has 0 unspecified atom stereocenters. The molecule has 0 atom stereocenters. The fraction of sp³-hybridized carbons (Fsp3) is 0.375. The summed E-state index contributed by atoms with van der Waals surface area (Å²) in [5.74, 6) is 4.41. The Morgan fingerprint density at radius 2 is 1.04 bits per heavy atom. The van der Waals surface area contributed by atoms with Crippen LogP contribution in [0.3, 0.4) is 0 Å². The molecule has 368 valence electrons. The first-order valence-electron chi connectivity index (χ1n) is 22.3. The number of rotatable bonds is 12. The molecule has 0 bridgehead atoms. The quantitative estimate of drug-likeness (QED) is 0.0677. The Hall–Kier alpha value is -6.31. The van der Waals surface area contributed by atoms with E-state index in [-0.39, 0.29) is 5.28 Å². The number of anilines is 11. The fourth-order valence-corrected chi connectivity index (χ4v) is 8.03. The van der Waals surface area contributed by atoms with E-state index < -0.39 is 0 Å². The van der Waals surface area contributed by atoms with Crippen molar-refractivity contribution in [2.24, 2.45) is 0 Å². The summed E-state index contributed by atoms with van der Waals surface area (Å²) in [6, 6.07) is 15.7. The third-order valence-corrected chi connectivity index (χ3v) is 12.1. The van der Waals surface area contributed by atoms with Crippen LogP contribution in [0.5, 0.6) is 11.5 Å². The summed E-state index contributed by atoms with van der Waals surface area (Å²) in [5, 5.41) is 10.6. The number of hydrogen-bond acceptors (Lipinski definition) is 18. The van der Waals surface area contributed by atoms with Crippen LogP contribution < -0.4 is 50.8 Å². The zero-order valence-electron chi connectivity index (χ0n) is 41.0. The predicted octanol–water partition coefficient (Wildman–Crippen LogP) is 8.47. The third-order valence-electron chi connectivity index (χ3n) is 11.4. The molecule has 8 rings (SSSR count). The van der Waals surface area contributed by atoms with Crippen LogP contribution in [0.4, 0.5) is 63.3 Å². The number of nitrogens with one attached hydrogen (secondary N) is 3. The average Bonchev–Trinajstić information content (AvgIpc) is 3.33. The lowest BCUT2D eigenvalue weighted by molar-refractivity contribution is 0.312. The highest BCUT2D eigenvalue weighted by atomic mass is 35.5. The van der Waals surface area contributed by atoms with Gasteiger partial charge in [-0.05, 0) is 87.1 Å². The maximum Gasteiger partial charge on any atom is 0.229 e. The lowest BCUT2D eigenvalue weighted by Crippen LogP contribution is -2.44. The van der Waals surface area contributed by atoms with Gasteiger partial charge in [-0.25, -0.2) is 19.9 Å². The molecule has 0 radical (unpaired) electrons. The number of likely N-dealkylation sites (N-methyl/N-ethyl adjacent to an activating group) is 2. The maximum absolute atomic E-state index is 6.40. The normalized spacial score (nSPS) is 13.9. The zero-order chi connectivity index (χ0) is 49.8. The number of nitrogens with zero attached hydrogens (tertiary/aromatic N) is 12. The Balaban J connectivity index is 0.000000188. The molecule has 18 nitrogen and oxygen atoms in total. The summed E-state index contributed by atoms with van der Waals surface area (Å²) < 4.78 is 11.0. The van der Waals surface area contributed by atoms with Crippen LogP contribution in [0.1, 0.15) is 11.1 Å². The van der Waals surface area contributed by atoms with Gasteiger partial charge < -0.3 is 60.6 Å². The summed E-state index contributed by atoms with van der Waals surface area (Å²) in [5.41, 5.74) is 13.8. The Morgan fingerprint density at radius 1 is 0.580 bits per heavy atom. The Labute approximate surface area is 420 Å². The molecule has 0 saturated carbocycles. The number of aromatic nitrogens is 6. The molecule has 2 aliphatic heterocycles. The average molecular weight is 1000 g/mol. The molecule has 4 aromatic heterocycles. The minimum absolute atomic E-state index is 0.136. The number of ether oxygens (including phenoxy) is 2. The van der Waals surface area contributed by atoms with Gasteiger partial charge in [0.1, 0.15) is 21.5 Å². The number of benzene rings is 2. The van der Waals surface area contributed by atoms with Crippen LogP contribution in [0, 0.1) is 13.8 Å². The van der Waals surface area contributed by atoms with Crippen molar-refractivity contribution in [2.75, 3.05) is 150 Å². The largest absolute Gasteiger partial charge is 0.495 e. The molecule has 21 heteroatoms. The Kier molecular flexibility index (Phi) is 18.3. The van der Waals surface area contributed by atoms with Gasteiger partial charge in [0.05, 0.1) is 49.4 Å². The second-order valence-electron chi connectivity index (χ2n) is 16.9. The van der Waals surface area contributed by atoms with Crippen molar-refractivity contribution in [3.8, 4) is 11.5 Å². The highest BCUT2D eigenvalue weighted by Crippen LogP contribution is 2.37. The molecule has 2 saturated heterocycles. The van der Waals surface area contributed by atoms with E-state index in [9.17, 15) is 0 Å². The number of halogens is 3. The van der Waals surface area contributed by atoms with Crippen molar-refractivity contribution in [3.05, 3.63) is 99.8 Å². The molecule has 2 fully saturated rings. The topological polar surface area (TPSA) is 177 Å². The summed E-state index contributed by atoms with van der Waals surface area (Å²) >= 11 is 18.1. The first-order chi connectivity index (χ1) is 33.0. The van der Waals surface area contributed by atoms with Gasteiger partial charge in [-0.15, -0.1) is 0 Å². The van der Waals surface area contributed by atoms with Crippen LogP contribution >= 0.6 is 34.8 Å². The number of piperazine rings is 2. The van der Waals surface area contributed by atoms with Crippen molar-refractivity contribution in [1.82, 2.24) is 39.7 Å². The number of pyridine rings is 2. The van der Waals surface area contributed by atoms with Crippen LogP contribution in [-0.2, 0) is 0 Å². The van der Waals surface area contributed by atoms with E-state index in [0.717, 1.165) is 98.1 Å². The lowest BCUT2D eigenvalue weighted by Gasteiger charge is -2.35. The SMILES string of the molecule is CN(C)c1ncccc1Nc1nc(Cl)ncc1Cl.COc1cc(N2CCN(C)CC2)c(C)cc1N.COc1cc(N2CCN(C)CC2)c(C)cc1Nc1ncc(Cl)c(Nc2cccnc2N(C)C)n1. The maximum atomic E-state index is 6.40. The van der Waals surface area contributed by atoms with E-state index in [1.807, 2.05) is 68.3 Å². The number of aryl methyl sites for hydroxylation is 2. The van der Waals surface area contributed by atoms with E-state index in [0.29, 0.717) is 33.3 Å². The molecule has 69 heavy (non-hydrogen) atoms. The Bertz CT molecular complexity index is 2640. The van der Waals surface area contributed by atoms with Crippen molar-refractivity contribution >= 4 is 98.1 Å². The van der Waals surface area contributed by atoms with E-state index >= 15 is 0 Å². The van der Waals surface area contributed by atoms with Crippen molar-refractivity contribution in [1.29, 1.82) is 0 Å². The van der Waals surface area contributed by atoms with Crippen LogP contribution in [0.2, 0.25) is 15.3 Å². The van der Waals surface area contributed by atoms with Crippen molar-refractivity contribution in [3.63, 3.8) is 0 Å². The molecular formula is C48H63Cl3N16O2. The monoisotopic (exact) mass is 1000 g/mol. The molecule has 5 N–H and O–H groups in total. The third kappa shape index (κ3) is 13.9. The van der Waals surface area contributed by atoms with Crippen LogP contribution in [-0.4, -0.2) is 149 Å². The highest BCUT2D eigenvalue weighted by Gasteiger charge is 2.21. The summed E-state index contributed by atoms with van der Waals surface area (Å²) in [6.07, 6.45) is 6.48. The zero-order valence-corrected chi connectivity index (χ0v) is 43.2. The van der Waals surface area contributed by atoms with E-state index in [4.69, 9.17) is 50.0 Å². The highest BCUT2D eigenvalue weighted by molar-refractivity contribution is 6.34. The number of methoxy groups -OCH3 is 2. The second-order valence-corrected chi connectivity index (χ2v) is 18.1. The van der Waals surface area contributed by atoms with Crippen LogP contribution in [0.15, 0.2) is 73.3 Å².